The molecule has 2 heterocycles. The number of aryl methyl sites for hydroxylation is 1. The van der Waals surface area contributed by atoms with Crippen LogP contribution >= 0.6 is 23.5 Å². The predicted molar refractivity (Wildman–Crippen MR) is 83.3 cm³/mol. The van der Waals surface area contributed by atoms with Crippen LogP contribution in [0.5, 0.6) is 5.75 Å². The molecule has 2 aromatic rings. The third-order valence-electron chi connectivity index (χ3n) is 2.48. The highest BCUT2D eigenvalue weighted by Crippen LogP contribution is 2.24. The van der Waals surface area contributed by atoms with E-state index < -0.39 is 0 Å². The van der Waals surface area contributed by atoms with Crippen LogP contribution in [0.1, 0.15) is 11.4 Å². The first-order valence-corrected chi connectivity index (χ1v) is 8.14. The Kier molecular flexibility index (Phi) is 5.08. The molecule has 0 saturated heterocycles. The average Bonchev–Trinajstić information content (AvgIpc) is 2.44. The molecule has 0 aliphatic heterocycles. The van der Waals surface area contributed by atoms with Gasteiger partial charge in [0.1, 0.15) is 16.6 Å². The summed E-state index contributed by atoms with van der Waals surface area (Å²) in [7, 11) is 1.65. The molecule has 0 bridgehead atoms. The molecule has 2 aromatic heterocycles. The summed E-state index contributed by atoms with van der Waals surface area (Å²) in [5.74, 6) is 1.98. The van der Waals surface area contributed by atoms with Crippen molar-refractivity contribution in [3.63, 3.8) is 0 Å². The zero-order valence-electron chi connectivity index (χ0n) is 11.6. The monoisotopic (exact) mass is 308 g/mol. The Balaban J connectivity index is 2.12. The van der Waals surface area contributed by atoms with Crippen LogP contribution in [0, 0.1) is 6.92 Å². The number of nitrogens with zero attached hydrogens (tertiary/aromatic N) is 3. The van der Waals surface area contributed by atoms with Gasteiger partial charge in [0.2, 0.25) is 0 Å². The number of nitrogens with two attached hydrogens (primary N) is 1. The van der Waals surface area contributed by atoms with Gasteiger partial charge in [-0.05, 0) is 13.2 Å². The predicted octanol–water partition coefficient (Wildman–Crippen LogP) is 2.79. The average molecular weight is 308 g/mol. The Hall–Kier alpha value is -1.47. The molecule has 20 heavy (non-hydrogen) atoms. The number of ether oxygens (including phenoxy) is 1. The Labute approximate surface area is 126 Å². The molecule has 7 heteroatoms. The van der Waals surface area contributed by atoms with E-state index >= 15 is 0 Å². The summed E-state index contributed by atoms with van der Waals surface area (Å²) in [6.07, 6.45) is 1.96. The molecule has 2 N–H and O–H groups in total. The summed E-state index contributed by atoms with van der Waals surface area (Å²) < 4.78 is 5.24. The number of nitrogen functional groups attached to an aromatic ring is 1. The van der Waals surface area contributed by atoms with E-state index in [0.29, 0.717) is 16.7 Å². The van der Waals surface area contributed by atoms with E-state index in [1.807, 2.05) is 25.3 Å². The Morgan fingerprint density at radius 1 is 1.20 bits per heavy atom. The summed E-state index contributed by atoms with van der Waals surface area (Å²) in [6, 6.07) is 5.58. The fourth-order valence-electron chi connectivity index (χ4n) is 1.62. The molecule has 5 nitrogen and oxygen atoms in total. The number of hydrogen-bond acceptors (Lipinski definition) is 7. The first-order valence-electron chi connectivity index (χ1n) is 5.93. The van der Waals surface area contributed by atoms with Crippen molar-refractivity contribution in [1.29, 1.82) is 0 Å². The maximum absolute atomic E-state index is 5.76. The smallest absolute Gasteiger partial charge is 0.190 e. The van der Waals surface area contributed by atoms with Crippen molar-refractivity contribution in [3.05, 3.63) is 29.6 Å². The molecule has 0 unspecified atom stereocenters. The van der Waals surface area contributed by atoms with Gasteiger partial charge in [-0.25, -0.2) is 9.97 Å². The van der Waals surface area contributed by atoms with Crippen molar-refractivity contribution in [2.75, 3.05) is 19.1 Å². The molecule has 0 saturated carbocycles. The molecule has 0 aliphatic rings. The highest BCUT2D eigenvalue weighted by Gasteiger charge is 2.06. The molecular weight excluding hydrogens is 292 g/mol. The zero-order chi connectivity index (χ0) is 14.5. The van der Waals surface area contributed by atoms with Gasteiger partial charge in [-0.15, -0.1) is 11.8 Å². The minimum atomic E-state index is 0.488. The summed E-state index contributed by atoms with van der Waals surface area (Å²) in [6.45, 7) is 1.94. The van der Waals surface area contributed by atoms with Crippen molar-refractivity contribution in [2.24, 2.45) is 0 Å². The third kappa shape index (κ3) is 4.01. The van der Waals surface area contributed by atoms with Crippen LogP contribution in [-0.4, -0.2) is 28.3 Å². The molecule has 2 rings (SSSR count). The molecule has 106 valence electrons. The van der Waals surface area contributed by atoms with Gasteiger partial charge >= 0.3 is 0 Å². The Morgan fingerprint density at radius 3 is 2.70 bits per heavy atom. The van der Waals surface area contributed by atoms with Crippen molar-refractivity contribution < 1.29 is 4.74 Å². The van der Waals surface area contributed by atoms with Crippen molar-refractivity contribution in [1.82, 2.24) is 15.0 Å². The fourth-order valence-corrected chi connectivity index (χ4v) is 2.85. The largest absolute Gasteiger partial charge is 0.497 e. The number of hydrogen-bond donors (Lipinski definition) is 1. The summed E-state index contributed by atoms with van der Waals surface area (Å²) in [4.78, 5) is 13.1. The van der Waals surface area contributed by atoms with Gasteiger partial charge in [-0.1, -0.05) is 11.8 Å². The SMILES string of the molecule is COc1cc(C)nc(CSc2nc(N)cc(SC)n2)c1. The van der Waals surface area contributed by atoms with Crippen LogP contribution in [0.25, 0.3) is 0 Å². The molecule has 0 aromatic carbocycles. The number of anilines is 1. The standard InChI is InChI=1S/C13H16N4OS2/c1-8-4-10(18-2)5-9(15-8)7-20-13-16-11(14)6-12(17-13)19-3/h4-6H,7H2,1-3H3,(H2,14,16,17). The van der Waals surface area contributed by atoms with E-state index in [2.05, 4.69) is 15.0 Å². The maximum Gasteiger partial charge on any atom is 0.190 e. The minimum absolute atomic E-state index is 0.488. The van der Waals surface area contributed by atoms with Crippen LogP contribution in [0.3, 0.4) is 0 Å². The normalized spacial score (nSPS) is 10.6. The number of methoxy groups -OCH3 is 1. The van der Waals surface area contributed by atoms with Gasteiger partial charge < -0.3 is 10.5 Å². The summed E-state index contributed by atoms with van der Waals surface area (Å²) in [5, 5.41) is 1.53. The lowest BCUT2D eigenvalue weighted by Crippen LogP contribution is -1.97. The van der Waals surface area contributed by atoms with E-state index in [1.165, 1.54) is 11.8 Å². The Bertz CT molecular complexity index is 553. The van der Waals surface area contributed by atoms with Crippen LogP contribution in [0.15, 0.2) is 28.4 Å². The van der Waals surface area contributed by atoms with E-state index in [0.717, 1.165) is 22.2 Å². The number of pyridine rings is 1. The van der Waals surface area contributed by atoms with E-state index in [9.17, 15) is 0 Å². The second kappa shape index (κ2) is 6.81. The van der Waals surface area contributed by atoms with E-state index in [-0.39, 0.29) is 0 Å². The molecule has 0 amide bonds. The van der Waals surface area contributed by atoms with E-state index in [1.54, 1.807) is 24.9 Å². The second-order valence-electron chi connectivity index (χ2n) is 4.05. The molecule has 0 spiro atoms. The first kappa shape index (κ1) is 14.9. The lowest BCUT2D eigenvalue weighted by Gasteiger charge is -2.06. The fraction of sp³-hybridized carbons (Fsp3) is 0.308. The number of aromatic nitrogens is 3. The lowest BCUT2D eigenvalue weighted by atomic mass is 10.3. The van der Waals surface area contributed by atoms with Gasteiger partial charge in [0.25, 0.3) is 0 Å². The number of rotatable bonds is 5. The highest BCUT2D eigenvalue weighted by molar-refractivity contribution is 7.99. The van der Waals surface area contributed by atoms with Crippen molar-refractivity contribution in [2.45, 2.75) is 22.9 Å². The molecule has 0 fully saturated rings. The second-order valence-corrected chi connectivity index (χ2v) is 5.82. The third-order valence-corrected chi connectivity index (χ3v) is 3.98. The molecule has 0 radical (unpaired) electrons. The van der Waals surface area contributed by atoms with Crippen LogP contribution in [0.4, 0.5) is 5.82 Å². The van der Waals surface area contributed by atoms with Crippen LogP contribution in [0.2, 0.25) is 0 Å². The zero-order valence-corrected chi connectivity index (χ0v) is 13.2. The lowest BCUT2D eigenvalue weighted by molar-refractivity contribution is 0.413. The van der Waals surface area contributed by atoms with Gasteiger partial charge in [0.05, 0.1) is 12.8 Å². The summed E-state index contributed by atoms with van der Waals surface area (Å²) in [5.41, 5.74) is 7.62. The molecule has 0 aliphatic carbocycles. The first-order chi connectivity index (χ1) is 9.60. The van der Waals surface area contributed by atoms with Gasteiger partial charge in [0.15, 0.2) is 5.16 Å². The topological polar surface area (TPSA) is 73.9 Å². The van der Waals surface area contributed by atoms with Crippen molar-refractivity contribution >= 4 is 29.3 Å². The van der Waals surface area contributed by atoms with Gasteiger partial charge in [0, 0.05) is 29.6 Å². The van der Waals surface area contributed by atoms with Crippen LogP contribution < -0.4 is 10.5 Å². The van der Waals surface area contributed by atoms with Gasteiger partial charge in [-0.3, -0.25) is 4.98 Å². The van der Waals surface area contributed by atoms with Gasteiger partial charge in [-0.2, -0.15) is 0 Å². The Morgan fingerprint density at radius 2 is 2.00 bits per heavy atom. The summed E-state index contributed by atoms with van der Waals surface area (Å²) >= 11 is 3.06. The minimum Gasteiger partial charge on any atom is -0.497 e. The number of thioether (sulfide) groups is 2. The maximum atomic E-state index is 5.76. The van der Waals surface area contributed by atoms with E-state index in [4.69, 9.17) is 10.5 Å². The molecular formula is C13H16N4OS2. The molecule has 0 atom stereocenters. The quantitative estimate of drug-likeness (QED) is 0.517. The van der Waals surface area contributed by atoms with Crippen LogP contribution in [-0.2, 0) is 5.75 Å². The van der Waals surface area contributed by atoms with Crippen molar-refractivity contribution in [3.8, 4) is 5.75 Å². The highest BCUT2D eigenvalue weighted by atomic mass is 32.2.